The predicted octanol–water partition coefficient (Wildman–Crippen LogP) is 3.09. The Labute approximate surface area is 126 Å². The predicted molar refractivity (Wildman–Crippen MR) is 84.6 cm³/mol. The maximum Gasteiger partial charge on any atom is 0.293 e. The Hall–Kier alpha value is -0.890. The SMILES string of the molecule is CC1CC(Nc2ccc(I)cc2[N+](=O)[O-])CCN1C. The monoisotopic (exact) mass is 375 g/mol. The average Bonchev–Trinajstić information content (AvgIpc) is 2.36. The van der Waals surface area contributed by atoms with Gasteiger partial charge < -0.3 is 10.2 Å². The molecule has 19 heavy (non-hydrogen) atoms. The number of anilines is 1. The minimum absolute atomic E-state index is 0.165. The number of hydrogen-bond acceptors (Lipinski definition) is 4. The highest BCUT2D eigenvalue weighted by atomic mass is 127. The summed E-state index contributed by atoms with van der Waals surface area (Å²) in [5, 5.41) is 14.4. The van der Waals surface area contributed by atoms with Crippen LogP contribution in [0.5, 0.6) is 0 Å². The quantitative estimate of drug-likeness (QED) is 0.501. The van der Waals surface area contributed by atoms with E-state index < -0.39 is 0 Å². The van der Waals surface area contributed by atoms with Crippen molar-refractivity contribution in [2.75, 3.05) is 18.9 Å². The molecule has 1 aliphatic heterocycles. The Bertz CT molecular complexity index is 481. The number of nitrogens with zero attached hydrogens (tertiary/aromatic N) is 2. The van der Waals surface area contributed by atoms with Crippen molar-refractivity contribution in [3.8, 4) is 0 Å². The number of likely N-dealkylation sites (tertiary alicyclic amines) is 1. The minimum Gasteiger partial charge on any atom is -0.377 e. The molecule has 0 aromatic heterocycles. The van der Waals surface area contributed by atoms with Crippen LogP contribution >= 0.6 is 22.6 Å². The number of nitrogens with one attached hydrogen (secondary N) is 1. The first-order chi connectivity index (χ1) is 8.97. The Morgan fingerprint density at radius 1 is 1.53 bits per heavy atom. The van der Waals surface area contributed by atoms with Crippen LogP contribution < -0.4 is 5.32 Å². The first kappa shape index (κ1) is 14.5. The van der Waals surface area contributed by atoms with E-state index in [0.29, 0.717) is 17.8 Å². The van der Waals surface area contributed by atoms with Crippen LogP contribution in [0.15, 0.2) is 18.2 Å². The fourth-order valence-electron chi connectivity index (χ4n) is 2.42. The fourth-order valence-corrected chi connectivity index (χ4v) is 2.89. The number of hydrogen-bond donors (Lipinski definition) is 1. The van der Waals surface area contributed by atoms with Crippen LogP contribution in [0.3, 0.4) is 0 Å². The zero-order valence-electron chi connectivity index (χ0n) is 11.1. The lowest BCUT2D eigenvalue weighted by Gasteiger charge is -2.35. The van der Waals surface area contributed by atoms with Gasteiger partial charge in [-0.15, -0.1) is 0 Å². The first-order valence-electron chi connectivity index (χ1n) is 6.38. The van der Waals surface area contributed by atoms with Crippen molar-refractivity contribution >= 4 is 34.0 Å². The van der Waals surface area contributed by atoms with Crippen molar-refractivity contribution in [2.24, 2.45) is 0 Å². The van der Waals surface area contributed by atoms with E-state index in [1.54, 1.807) is 6.07 Å². The van der Waals surface area contributed by atoms with E-state index in [0.717, 1.165) is 23.0 Å². The highest BCUT2D eigenvalue weighted by Gasteiger charge is 2.24. The third kappa shape index (κ3) is 3.56. The Balaban J connectivity index is 2.13. The molecule has 1 fully saturated rings. The van der Waals surface area contributed by atoms with E-state index in [2.05, 4.69) is 46.8 Å². The zero-order chi connectivity index (χ0) is 14.0. The highest BCUT2D eigenvalue weighted by molar-refractivity contribution is 14.1. The molecule has 2 atom stereocenters. The van der Waals surface area contributed by atoms with Gasteiger partial charge in [0.2, 0.25) is 0 Å². The van der Waals surface area contributed by atoms with Gasteiger partial charge >= 0.3 is 0 Å². The van der Waals surface area contributed by atoms with Gasteiger partial charge in [0.05, 0.1) is 4.92 Å². The van der Waals surface area contributed by atoms with Gasteiger partial charge in [-0.05, 0) is 61.5 Å². The van der Waals surface area contributed by atoms with Crippen LogP contribution in [-0.2, 0) is 0 Å². The van der Waals surface area contributed by atoms with Crippen LogP contribution in [0.2, 0.25) is 0 Å². The van der Waals surface area contributed by atoms with Gasteiger partial charge in [-0.25, -0.2) is 0 Å². The molecule has 2 unspecified atom stereocenters. The number of halogens is 1. The Morgan fingerprint density at radius 3 is 2.89 bits per heavy atom. The topological polar surface area (TPSA) is 58.4 Å². The van der Waals surface area contributed by atoms with Crippen LogP contribution in [-0.4, -0.2) is 35.5 Å². The summed E-state index contributed by atoms with van der Waals surface area (Å²) in [6.07, 6.45) is 2.03. The number of nitro groups is 1. The Kier molecular flexibility index (Phi) is 4.62. The van der Waals surface area contributed by atoms with Gasteiger partial charge in [-0.3, -0.25) is 10.1 Å². The summed E-state index contributed by atoms with van der Waals surface area (Å²) in [6, 6.07) is 6.14. The van der Waals surface area contributed by atoms with Crippen LogP contribution in [0.4, 0.5) is 11.4 Å². The zero-order valence-corrected chi connectivity index (χ0v) is 13.3. The molecule has 0 aliphatic carbocycles. The molecule has 0 saturated carbocycles. The molecule has 2 rings (SSSR count). The second-order valence-electron chi connectivity index (χ2n) is 5.11. The summed E-state index contributed by atoms with van der Waals surface area (Å²) in [7, 11) is 2.12. The van der Waals surface area contributed by atoms with Gasteiger partial charge in [-0.2, -0.15) is 0 Å². The molecule has 0 spiro atoms. The third-order valence-corrected chi connectivity index (χ3v) is 4.40. The Morgan fingerprint density at radius 2 is 2.26 bits per heavy atom. The molecule has 1 saturated heterocycles. The molecule has 1 aromatic carbocycles. The minimum atomic E-state index is -0.317. The molecule has 1 N–H and O–H groups in total. The molecule has 0 bridgehead atoms. The summed E-state index contributed by atoms with van der Waals surface area (Å²) in [5.41, 5.74) is 0.797. The van der Waals surface area contributed by atoms with Gasteiger partial charge in [-0.1, -0.05) is 0 Å². The van der Waals surface area contributed by atoms with Gasteiger partial charge in [0, 0.05) is 28.3 Å². The lowest BCUT2D eigenvalue weighted by molar-refractivity contribution is -0.384. The number of benzene rings is 1. The first-order valence-corrected chi connectivity index (χ1v) is 7.46. The highest BCUT2D eigenvalue weighted by Crippen LogP contribution is 2.29. The maximum atomic E-state index is 11.1. The standard InChI is InChI=1S/C13H18IN3O2/c1-9-7-11(5-6-16(9)2)15-12-4-3-10(14)8-13(12)17(18)19/h3-4,8-9,11,15H,5-7H2,1-2H3. The lowest BCUT2D eigenvalue weighted by atomic mass is 9.98. The summed E-state index contributed by atoms with van der Waals surface area (Å²) < 4.78 is 0.881. The van der Waals surface area contributed by atoms with Crippen LogP contribution in [0.25, 0.3) is 0 Å². The van der Waals surface area contributed by atoms with E-state index in [1.165, 1.54) is 0 Å². The van der Waals surface area contributed by atoms with Crippen LogP contribution in [0, 0.1) is 13.7 Å². The fraction of sp³-hybridized carbons (Fsp3) is 0.538. The summed E-state index contributed by atoms with van der Waals surface area (Å²) in [4.78, 5) is 13.1. The lowest BCUT2D eigenvalue weighted by Crippen LogP contribution is -2.42. The largest absolute Gasteiger partial charge is 0.377 e. The number of nitro benzene ring substituents is 1. The molecule has 5 nitrogen and oxygen atoms in total. The van der Waals surface area contributed by atoms with Crippen molar-refractivity contribution in [3.05, 3.63) is 31.9 Å². The van der Waals surface area contributed by atoms with E-state index in [4.69, 9.17) is 0 Å². The van der Waals surface area contributed by atoms with Crippen molar-refractivity contribution < 1.29 is 4.92 Å². The van der Waals surface area contributed by atoms with E-state index in [1.807, 2.05) is 12.1 Å². The van der Waals surface area contributed by atoms with E-state index in [9.17, 15) is 10.1 Å². The van der Waals surface area contributed by atoms with Crippen molar-refractivity contribution in [2.45, 2.75) is 31.8 Å². The molecular weight excluding hydrogens is 357 g/mol. The van der Waals surface area contributed by atoms with Gasteiger partial charge in [0.1, 0.15) is 5.69 Å². The molecule has 0 radical (unpaired) electrons. The van der Waals surface area contributed by atoms with Gasteiger partial charge in [0.15, 0.2) is 0 Å². The smallest absolute Gasteiger partial charge is 0.293 e. The van der Waals surface area contributed by atoms with Crippen molar-refractivity contribution in [1.29, 1.82) is 0 Å². The van der Waals surface area contributed by atoms with E-state index in [-0.39, 0.29) is 10.6 Å². The third-order valence-electron chi connectivity index (χ3n) is 3.72. The molecule has 1 aliphatic rings. The summed E-state index contributed by atoms with van der Waals surface area (Å²) in [6.45, 7) is 3.22. The molecule has 104 valence electrons. The molecule has 1 heterocycles. The summed E-state index contributed by atoms with van der Waals surface area (Å²) >= 11 is 2.09. The molecular formula is C13H18IN3O2. The number of rotatable bonds is 3. The normalized spacial score (nSPS) is 24.2. The molecule has 6 heteroatoms. The van der Waals surface area contributed by atoms with Crippen molar-refractivity contribution in [3.63, 3.8) is 0 Å². The average molecular weight is 375 g/mol. The molecule has 1 aromatic rings. The second-order valence-corrected chi connectivity index (χ2v) is 6.36. The van der Waals surface area contributed by atoms with Gasteiger partial charge in [0.25, 0.3) is 5.69 Å². The van der Waals surface area contributed by atoms with E-state index >= 15 is 0 Å². The maximum absolute atomic E-state index is 11.1. The van der Waals surface area contributed by atoms with Crippen molar-refractivity contribution in [1.82, 2.24) is 4.90 Å². The molecule has 0 amide bonds. The second kappa shape index (κ2) is 6.04. The van der Waals surface area contributed by atoms with Crippen LogP contribution in [0.1, 0.15) is 19.8 Å². The summed E-state index contributed by atoms with van der Waals surface area (Å²) in [5.74, 6) is 0. The number of piperidine rings is 1.